The van der Waals surface area contributed by atoms with Crippen LogP contribution in [0, 0.1) is 0 Å². The molecule has 0 spiro atoms. The van der Waals surface area contributed by atoms with E-state index < -0.39 is 5.97 Å². The molecule has 0 unspecified atom stereocenters. The van der Waals surface area contributed by atoms with Crippen LogP contribution >= 0.6 is 0 Å². The topological polar surface area (TPSA) is 81.1 Å². The maximum absolute atomic E-state index is 11.0. The molecular formula is C11H15N3O2. The van der Waals surface area contributed by atoms with Crippen molar-refractivity contribution in [3.05, 3.63) is 17.5 Å². The molecule has 0 aliphatic heterocycles. The van der Waals surface area contributed by atoms with Crippen LogP contribution in [0.3, 0.4) is 0 Å². The van der Waals surface area contributed by atoms with Crippen molar-refractivity contribution < 1.29 is 9.90 Å². The van der Waals surface area contributed by atoms with E-state index in [4.69, 9.17) is 10.8 Å². The fourth-order valence-electron chi connectivity index (χ4n) is 2.08. The largest absolute Gasteiger partial charge is 0.476 e. The first kappa shape index (κ1) is 10.7. The summed E-state index contributed by atoms with van der Waals surface area (Å²) in [5.41, 5.74) is 7.90. The van der Waals surface area contributed by atoms with Crippen molar-refractivity contribution in [2.45, 2.75) is 25.7 Å². The molecule has 16 heavy (non-hydrogen) atoms. The molecule has 0 aromatic carbocycles. The highest BCUT2D eigenvalue weighted by molar-refractivity contribution is 5.94. The van der Waals surface area contributed by atoms with E-state index in [0.717, 1.165) is 24.8 Å². The van der Waals surface area contributed by atoms with Crippen molar-refractivity contribution in [2.75, 3.05) is 5.73 Å². The zero-order chi connectivity index (χ0) is 11.7. The summed E-state index contributed by atoms with van der Waals surface area (Å²) in [6.45, 7) is 0. The lowest BCUT2D eigenvalue weighted by atomic mass is 9.96. The van der Waals surface area contributed by atoms with Crippen LogP contribution in [0.4, 0.5) is 5.69 Å². The lowest BCUT2D eigenvalue weighted by molar-refractivity contribution is 0.0686. The minimum Gasteiger partial charge on any atom is -0.476 e. The van der Waals surface area contributed by atoms with Gasteiger partial charge in [-0.15, -0.1) is 0 Å². The van der Waals surface area contributed by atoms with Crippen LogP contribution in [0.2, 0.25) is 0 Å². The van der Waals surface area contributed by atoms with Crippen LogP contribution < -0.4 is 5.73 Å². The molecule has 0 bridgehead atoms. The third kappa shape index (κ3) is 1.68. The maximum atomic E-state index is 11.0. The quantitative estimate of drug-likeness (QED) is 0.795. The third-order valence-corrected chi connectivity index (χ3v) is 2.88. The predicted octanol–water partition coefficient (Wildman–Crippen LogP) is 1.66. The standard InChI is InChI=1S/C11H15N3O2/c1-14-10(11(15)16)8(12)9(13-14)7-5-3-2-4-6-7/h5H,2-4,6,12H2,1H3,(H,15,16). The van der Waals surface area contributed by atoms with Crippen LogP contribution in [0.25, 0.3) is 5.57 Å². The van der Waals surface area contributed by atoms with E-state index in [2.05, 4.69) is 11.2 Å². The molecule has 5 heteroatoms. The summed E-state index contributed by atoms with van der Waals surface area (Å²) >= 11 is 0. The zero-order valence-electron chi connectivity index (χ0n) is 9.23. The Morgan fingerprint density at radius 3 is 2.81 bits per heavy atom. The summed E-state index contributed by atoms with van der Waals surface area (Å²) in [7, 11) is 1.60. The molecule has 5 nitrogen and oxygen atoms in total. The van der Waals surface area contributed by atoms with Crippen molar-refractivity contribution in [1.82, 2.24) is 9.78 Å². The van der Waals surface area contributed by atoms with Crippen molar-refractivity contribution in [1.29, 1.82) is 0 Å². The summed E-state index contributed by atoms with van der Waals surface area (Å²) in [6.07, 6.45) is 6.36. The number of hydrogen-bond acceptors (Lipinski definition) is 3. The van der Waals surface area contributed by atoms with E-state index in [0.29, 0.717) is 5.69 Å². The Labute approximate surface area is 93.6 Å². The monoisotopic (exact) mass is 221 g/mol. The first-order valence-electron chi connectivity index (χ1n) is 5.36. The van der Waals surface area contributed by atoms with Gasteiger partial charge in [0.05, 0.1) is 5.69 Å². The number of nitrogen functional groups attached to an aromatic ring is 1. The van der Waals surface area contributed by atoms with Crippen molar-refractivity contribution in [2.24, 2.45) is 7.05 Å². The fraction of sp³-hybridized carbons (Fsp3) is 0.455. The number of carboxylic acid groups (broad SMARTS) is 1. The molecule has 0 amide bonds. The minimum atomic E-state index is -1.03. The second-order valence-electron chi connectivity index (χ2n) is 4.01. The Kier molecular flexibility index (Phi) is 2.68. The molecule has 0 atom stereocenters. The second-order valence-corrected chi connectivity index (χ2v) is 4.01. The van der Waals surface area contributed by atoms with Gasteiger partial charge in [0.1, 0.15) is 5.69 Å². The Balaban J connectivity index is 2.46. The first-order valence-corrected chi connectivity index (χ1v) is 5.36. The molecule has 86 valence electrons. The molecule has 0 fully saturated rings. The van der Waals surface area contributed by atoms with Gasteiger partial charge in [-0.25, -0.2) is 4.79 Å². The predicted molar refractivity (Wildman–Crippen MR) is 61.0 cm³/mol. The average molecular weight is 221 g/mol. The van der Waals surface area contributed by atoms with Crippen molar-refractivity contribution >= 4 is 17.2 Å². The highest BCUT2D eigenvalue weighted by Crippen LogP contribution is 2.30. The van der Waals surface area contributed by atoms with Gasteiger partial charge < -0.3 is 10.8 Å². The number of aromatic carboxylic acids is 1. The molecule has 0 radical (unpaired) electrons. The van der Waals surface area contributed by atoms with Gasteiger partial charge in [-0.2, -0.15) is 5.10 Å². The minimum absolute atomic E-state index is 0.0708. The van der Waals surface area contributed by atoms with Gasteiger partial charge in [0, 0.05) is 7.05 Å². The lowest BCUT2D eigenvalue weighted by Crippen LogP contribution is -2.07. The first-order chi connectivity index (χ1) is 7.61. The zero-order valence-corrected chi connectivity index (χ0v) is 9.23. The number of aromatic nitrogens is 2. The van der Waals surface area contributed by atoms with Gasteiger partial charge in [-0.1, -0.05) is 6.08 Å². The van der Waals surface area contributed by atoms with E-state index in [1.54, 1.807) is 7.05 Å². The van der Waals surface area contributed by atoms with Gasteiger partial charge in [-0.05, 0) is 31.3 Å². The number of nitrogens with zero attached hydrogens (tertiary/aromatic N) is 2. The number of nitrogens with two attached hydrogens (primary N) is 1. The normalized spacial score (nSPS) is 15.9. The number of hydrogen-bond donors (Lipinski definition) is 2. The molecule has 1 aromatic rings. The molecule has 0 saturated carbocycles. The highest BCUT2D eigenvalue weighted by atomic mass is 16.4. The van der Waals surface area contributed by atoms with Gasteiger partial charge in [0.25, 0.3) is 0 Å². The molecule has 1 aliphatic rings. The fourth-order valence-corrected chi connectivity index (χ4v) is 2.08. The number of anilines is 1. The highest BCUT2D eigenvalue weighted by Gasteiger charge is 2.21. The number of rotatable bonds is 2. The summed E-state index contributed by atoms with van der Waals surface area (Å²) in [4.78, 5) is 11.0. The lowest BCUT2D eigenvalue weighted by Gasteiger charge is -2.10. The van der Waals surface area contributed by atoms with Gasteiger partial charge >= 0.3 is 5.97 Å². The van der Waals surface area contributed by atoms with Crippen LogP contribution in [0.5, 0.6) is 0 Å². The van der Waals surface area contributed by atoms with E-state index >= 15 is 0 Å². The van der Waals surface area contributed by atoms with Gasteiger partial charge in [0.15, 0.2) is 5.69 Å². The summed E-state index contributed by atoms with van der Waals surface area (Å²) in [5.74, 6) is -1.03. The number of carboxylic acids is 1. The van der Waals surface area contributed by atoms with E-state index in [9.17, 15) is 4.79 Å². The van der Waals surface area contributed by atoms with Crippen LogP contribution in [0.1, 0.15) is 41.9 Å². The Morgan fingerprint density at radius 2 is 2.31 bits per heavy atom. The second kappa shape index (κ2) is 4.00. The Morgan fingerprint density at radius 1 is 1.56 bits per heavy atom. The van der Waals surface area contributed by atoms with E-state index in [1.165, 1.54) is 11.1 Å². The number of carbonyl (C=O) groups is 1. The SMILES string of the molecule is Cn1nc(C2=CCCCC2)c(N)c1C(=O)O. The number of allylic oxidation sites excluding steroid dienone is 2. The molecule has 1 aliphatic carbocycles. The molecule has 0 saturated heterocycles. The third-order valence-electron chi connectivity index (χ3n) is 2.88. The molecule has 2 rings (SSSR count). The summed E-state index contributed by atoms with van der Waals surface area (Å²) < 4.78 is 1.34. The van der Waals surface area contributed by atoms with E-state index in [1.807, 2.05) is 0 Å². The van der Waals surface area contributed by atoms with Gasteiger partial charge in [0.2, 0.25) is 0 Å². The molecular weight excluding hydrogens is 206 g/mol. The van der Waals surface area contributed by atoms with Crippen molar-refractivity contribution in [3.63, 3.8) is 0 Å². The van der Waals surface area contributed by atoms with E-state index in [-0.39, 0.29) is 11.4 Å². The van der Waals surface area contributed by atoms with Crippen LogP contribution in [-0.4, -0.2) is 20.9 Å². The van der Waals surface area contributed by atoms with Gasteiger partial charge in [-0.3, -0.25) is 4.68 Å². The molecule has 1 aromatic heterocycles. The maximum Gasteiger partial charge on any atom is 0.356 e. The smallest absolute Gasteiger partial charge is 0.356 e. The summed E-state index contributed by atoms with van der Waals surface area (Å²) in [6, 6.07) is 0. The van der Waals surface area contributed by atoms with Crippen molar-refractivity contribution in [3.8, 4) is 0 Å². The Bertz CT molecular complexity index is 460. The van der Waals surface area contributed by atoms with Crippen LogP contribution in [-0.2, 0) is 7.05 Å². The average Bonchev–Trinajstić information content (AvgIpc) is 2.55. The number of aryl methyl sites for hydroxylation is 1. The summed E-state index contributed by atoms with van der Waals surface area (Å²) in [5, 5.41) is 13.2. The molecule has 3 N–H and O–H groups in total. The molecule has 1 heterocycles. The Hall–Kier alpha value is -1.78. The van der Waals surface area contributed by atoms with Crippen LogP contribution in [0.15, 0.2) is 6.08 Å².